The first kappa shape index (κ1) is 15.0. The fraction of sp³-hybridized carbons (Fsp3) is 0.769. The monoisotopic (exact) mass is 254 g/mol. The first-order valence-corrected chi connectivity index (χ1v) is 6.58. The highest BCUT2D eigenvalue weighted by Gasteiger charge is 2.18. The van der Waals surface area contributed by atoms with Crippen molar-refractivity contribution >= 4 is 11.8 Å². The van der Waals surface area contributed by atoms with E-state index in [-0.39, 0.29) is 17.7 Å². The molecule has 1 saturated heterocycles. The van der Waals surface area contributed by atoms with Crippen LogP contribution in [0.1, 0.15) is 26.2 Å². The molecule has 5 heteroatoms. The Morgan fingerprint density at radius 1 is 1.56 bits per heavy atom. The number of primary amides is 1. The summed E-state index contributed by atoms with van der Waals surface area (Å²) in [5.74, 6) is -0.212. The van der Waals surface area contributed by atoms with Gasteiger partial charge >= 0.3 is 0 Å². The SMILES string of the molecule is CC(C[CH]C(=O)NC[C@@H]1CCCN(C)C1)C(N)=O. The minimum Gasteiger partial charge on any atom is -0.369 e. The van der Waals surface area contributed by atoms with Crippen LogP contribution in [0.4, 0.5) is 0 Å². The number of carbonyl (C=O) groups excluding carboxylic acids is 2. The molecule has 0 aromatic carbocycles. The van der Waals surface area contributed by atoms with Crippen molar-refractivity contribution in [3.8, 4) is 0 Å². The molecular formula is C13H24N3O2. The van der Waals surface area contributed by atoms with Crippen LogP contribution in [0.25, 0.3) is 0 Å². The average molecular weight is 254 g/mol. The van der Waals surface area contributed by atoms with E-state index in [0.29, 0.717) is 18.9 Å². The first-order valence-electron chi connectivity index (χ1n) is 6.58. The largest absolute Gasteiger partial charge is 0.369 e. The van der Waals surface area contributed by atoms with Crippen LogP contribution >= 0.6 is 0 Å². The Hall–Kier alpha value is -1.10. The lowest BCUT2D eigenvalue weighted by molar-refractivity contribution is -0.121. The number of nitrogens with one attached hydrogen (secondary N) is 1. The molecule has 1 aliphatic heterocycles. The van der Waals surface area contributed by atoms with Crippen LogP contribution in [0.3, 0.4) is 0 Å². The number of nitrogens with two attached hydrogens (primary N) is 1. The van der Waals surface area contributed by atoms with Crippen LogP contribution in [0.2, 0.25) is 0 Å². The molecule has 2 amide bonds. The van der Waals surface area contributed by atoms with E-state index < -0.39 is 0 Å². The van der Waals surface area contributed by atoms with Crippen LogP contribution in [0.5, 0.6) is 0 Å². The van der Waals surface area contributed by atoms with E-state index in [1.807, 2.05) is 0 Å². The fourth-order valence-electron chi connectivity index (χ4n) is 2.16. The van der Waals surface area contributed by atoms with Gasteiger partial charge in [0.05, 0.1) is 6.42 Å². The lowest BCUT2D eigenvalue weighted by Crippen LogP contribution is -2.39. The van der Waals surface area contributed by atoms with Gasteiger partial charge in [0.1, 0.15) is 0 Å². The van der Waals surface area contributed by atoms with Gasteiger partial charge in [-0.2, -0.15) is 0 Å². The van der Waals surface area contributed by atoms with E-state index in [4.69, 9.17) is 5.73 Å². The van der Waals surface area contributed by atoms with Gasteiger partial charge in [-0.05, 0) is 38.8 Å². The molecule has 18 heavy (non-hydrogen) atoms. The van der Waals surface area contributed by atoms with Crippen LogP contribution in [0.15, 0.2) is 0 Å². The van der Waals surface area contributed by atoms with Gasteiger partial charge < -0.3 is 16.0 Å². The second kappa shape index (κ2) is 7.36. The van der Waals surface area contributed by atoms with Gasteiger partial charge in [0.15, 0.2) is 0 Å². The highest BCUT2D eigenvalue weighted by Crippen LogP contribution is 2.14. The van der Waals surface area contributed by atoms with E-state index in [2.05, 4.69) is 17.3 Å². The van der Waals surface area contributed by atoms with E-state index in [1.165, 1.54) is 19.3 Å². The van der Waals surface area contributed by atoms with Gasteiger partial charge in [0.25, 0.3) is 0 Å². The van der Waals surface area contributed by atoms with E-state index in [9.17, 15) is 9.59 Å². The maximum absolute atomic E-state index is 11.6. The Labute approximate surface area is 109 Å². The predicted molar refractivity (Wildman–Crippen MR) is 70.5 cm³/mol. The molecule has 1 unspecified atom stereocenters. The third-order valence-corrected chi connectivity index (χ3v) is 3.43. The summed E-state index contributed by atoms with van der Waals surface area (Å²) < 4.78 is 0. The normalized spacial score (nSPS) is 22.4. The molecule has 0 aromatic rings. The Morgan fingerprint density at radius 3 is 2.89 bits per heavy atom. The minimum absolute atomic E-state index is 0.101. The molecule has 2 atom stereocenters. The van der Waals surface area contributed by atoms with E-state index in [0.717, 1.165) is 13.1 Å². The summed E-state index contributed by atoms with van der Waals surface area (Å²) in [4.78, 5) is 24.7. The Bertz CT molecular complexity index is 294. The summed E-state index contributed by atoms with van der Waals surface area (Å²) in [7, 11) is 2.11. The Morgan fingerprint density at radius 2 is 2.28 bits per heavy atom. The zero-order valence-corrected chi connectivity index (χ0v) is 11.3. The molecule has 0 spiro atoms. The smallest absolute Gasteiger partial charge is 0.223 e. The zero-order chi connectivity index (χ0) is 13.5. The standard InChI is InChI=1S/C13H24N3O2/c1-10(13(14)18)5-6-12(17)15-8-11-4-3-7-16(2)9-11/h6,10-11H,3-5,7-9H2,1-2H3,(H2,14,18)(H,15,17)/t10?,11-/m0/s1. The van der Waals surface area contributed by atoms with Gasteiger partial charge in [-0.25, -0.2) is 0 Å². The molecule has 3 N–H and O–H groups in total. The van der Waals surface area contributed by atoms with Crippen molar-refractivity contribution in [3.63, 3.8) is 0 Å². The molecule has 1 heterocycles. The number of rotatable bonds is 6. The molecule has 5 nitrogen and oxygen atoms in total. The highest BCUT2D eigenvalue weighted by atomic mass is 16.2. The maximum Gasteiger partial charge on any atom is 0.223 e. The third-order valence-electron chi connectivity index (χ3n) is 3.43. The lowest BCUT2D eigenvalue weighted by Gasteiger charge is -2.29. The highest BCUT2D eigenvalue weighted by molar-refractivity contribution is 5.85. The summed E-state index contributed by atoms with van der Waals surface area (Å²) in [5.41, 5.74) is 5.13. The number of amides is 2. The quantitative estimate of drug-likeness (QED) is 0.709. The molecule has 0 aliphatic carbocycles. The number of hydrogen-bond donors (Lipinski definition) is 2. The summed E-state index contributed by atoms with van der Waals surface area (Å²) >= 11 is 0. The Kier molecular flexibility index (Phi) is 6.12. The number of nitrogens with zero attached hydrogens (tertiary/aromatic N) is 1. The fourth-order valence-corrected chi connectivity index (χ4v) is 2.16. The zero-order valence-electron chi connectivity index (χ0n) is 11.3. The van der Waals surface area contributed by atoms with Crippen molar-refractivity contribution in [1.29, 1.82) is 0 Å². The van der Waals surface area contributed by atoms with Crippen LogP contribution in [-0.4, -0.2) is 43.4 Å². The molecule has 0 bridgehead atoms. The Balaban J connectivity index is 2.14. The summed E-state index contributed by atoms with van der Waals surface area (Å²) in [6, 6.07) is 0. The molecule has 103 valence electrons. The van der Waals surface area contributed by atoms with Gasteiger partial charge in [-0.15, -0.1) is 0 Å². The van der Waals surface area contributed by atoms with E-state index in [1.54, 1.807) is 6.92 Å². The lowest BCUT2D eigenvalue weighted by atomic mass is 9.98. The number of carbonyl (C=O) groups is 2. The summed E-state index contributed by atoms with van der Waals surface area (Å²) in [6.07, 6.45) is 4.29. The van der Waals surface area contributed by atoms with Gasteiger partial charge in [0, 0.05) is 19.0 Å². The molecule has 1 rings (SSSR count). The maximum atomic E-state index is 11.6. The van der Waals surface area contributed by atoms with Crippen molar-refractivity contribution in [2.45, 2.75) is 26.2 Å². The van der Waals surface area contributed by atoms with Crippen LogP contribution in [0, 0.1) is 18.3 Å². The molecule has 0 saturated carbocycles. The van der Waals surface area contributed by atoms with Gasteiger partial charge in [-0.1, -0.05) is 6.92 Å². The first-order chi connectivity index (χ1) is 8.49. The van der Waals surface area contributed by atoms with Gasteiger partial charge in [-0.3, -0.25) is 9.59 Å². The third kappa shape index (κ3) is 5.49. The molecule has 1 fully saturated rings. The number of piperidine rings is 1. The predicted octanol–water partition coefficient (Wildman–Crippen LogP) is 0.160. The molecule has 1 aliphatic rings. The van der Waals surface area contributed by atoms with Crippen molar-refractivity contribution in [3.05, 3.63) is 6.42 Å². The second-order valence-corrected chi connectivity index (χ2v) is 5.26. The van der Waals surface area contributed by atoms with Crippen LogP contribution in [-0.2, 0) is 9.59 Å². The van der Waals surface area contributed by atoms with Crippen molar-refractivity contribution < 1.29 is 9.59 Å². The average Bonchev–Trinajstić information content (AvgIpc) is 2.33. The molecular weight excluding hydrogens is 230 g/mol. The molecule has 1 radical (unpaired) electrons. The number of hydrogen-bond acceptors (Lipinski definition) is 3. The van der Waals surface area contributed by atoms with Crippen molar-refractivity contribution in [2.75, 3.05) is 26.7 Å². The van der Waals surface area contributed by atoms with Crippen molar-refractivity contribution in [1.82, 2.24) is 10.2 Å². The van der Waals surface area contributed by atoms with E-state index >= 15 is 0 Å². The van der Waals surface area contributed by atoms with Crippen LogP contribution < -0.4 is 11.1 Å². The second-order valence-electron chi connectivity index (χ2n) is 5.26. The topological polar surface area (TPSA) is 75.4 Å². The molecule has 0 aromatic heterocycles. The number of likely N-dealkylation sites (tertiary alicyclic amines) is 1. The van der Waals surface area contributed by atoms with Gasteiger partial charge in [0.2, 0.25) is 11.8 Å². The summed E-state index contributed by atoms with van der Waals surface area (Å²) in [6.45, 7) is 4.62. The van der Waals surface area contributed by atoms with Crippen molar-refractivity contribution in [2.24, 2.45) is 17.6 Å². The summed E-state index contributed by atoms with van der Waals surface area (Å²) in [5, 5.41) is 2.89. The minimum atomic E-state index is -0.368.